The molecule has 0 saturated carbocycles. The predicted molar refractivity (Wildman–Crippen MR) is 68.9 cm³/mol. The summed E-state index contributed by atoms with van der Waals surface area (Å²) in [4.78, 5) is 20.3. The Kier molecular flexibility index (Phi) is 2.09. The summed E-state index contributed by atoms with van der Waals surface area (Å²) < 4.78 is 10.7. The maximum Gasteiger partial charge on any atom is 0.231 e. The van der Waals surface area contributed by atoms with Crippen LogP contribution in [-0.2, 0) is 4.79 Å². The van der Waals surface area contributed by atoms with E-state index < -0.39 is 0 Å². The minimum atomic E-state index is -0.221. The molecule has 5 heteroatoms. The molecule has 0 radical (unpaired) electrons. The van der Waals surface area contributed by atoms with Gasteiger partial charge in [-0.2, -0.15) is 0 Å². The molecule has 1 aromatic carbocycles. The molecule has 3 aliphatic heterocycles. The normalized spacial score (nSPS) is 23.2. The lowest BCUT2D eigenvalue weighted by atomic mass is 9.96. The van der Waals surface area contributed by atoms with Gasteiger partial charge in [0.15, 0.2) is 11.5 Å². The summed E-state index contributed by atoms with van der Waals surface area (Å²) >= 11 is 0. The SMILES string of the molecule is O=C1C=NC(c2ccc3c(c2)OCO3)C2=C1CC=N2. The standard InChI is InChI=1S/C14H10N2O3/c17-10-6-16-13(14-9(10)3-4-15-14)8-1-2-11-12(5-8)19-7-18-11/h1-2,4-6,13H,3,7H2. The first-order chi connectivity index (χ1) is 9.33. The van der Waals surface area contributed by atoms with E-state index in [2.05, 4.69) is 9.98 Å². The van der Waals surface area contributed by atoms with Gasteiger partial charge in [0.1, 0.15) is 6.04 Å². The highest BCUT2D eigenvalue weighted by Crippen LogP contribution is 2.40. The maximum absolute atomic E-state index is 11.7. The van der Waals surface area contributed by atoms with Crippen molar-refractivity contribution in [2.45, 2.75) is 12.5 Å². The highest BCUT2D eigenvalue weighted by molar-refractivity contribution is 6.37. The summed E-state index contributed by atoms with van der Waals surface area (Å²) in [5.74, 6) is 1.42. The largest absolute Gasteiger partial charge is 0.454 e. The zero-order valence-corrected chi connectivity index (χ0v) is 10.00. The van der Waals surface area contributed by atoms with Crippen LogP contribution in [0.25, 0.3) is 0 Å². The van der Waals surface area contributed by atoms with E-state index in [0.717, 1.165) is 22.6 Å². The number of hydrogen-bond donors (Lipinski definition) is 0. The van der Waals surface area contributed by atoms with E-state index >= 15 is 0 Å². The Morgan fingerprint density at radius 2 is 2.11 bits per heavy atom. The fourth-order valence-corrected chi connectivity index (χ4v) is 2.50. The first-order valence-electron chi connectivity index (χ1n) is 6.05. The number of rotatable bonds is 1. The van der Waals surface area contributed by atoms with Crippen LogP contribution in [0.3, 0.4) is 0 Å². The van der Waals surface area contributed by atoms with Crippen LogP contribution < -0.4 is 9.47 Å². The van der Waals surface area contributed by atoms with Crippen LogP contribution in [0.5, 0.6) is 11.5 Å². The van der Waals surface area contributed by atoms with Crippen molar-refractivity contribution in [3.05, 3.63) is 35.0 Å². The number of ether oxygens (including phenoxy) is 2. The highest BCUT2D eigenvalue weighted by atomic mass is 16.7. The molecule has 4 rings (SSSR count). The Morgan fingerprint density at radius 3 is 3.05 bits per heavy atom. The first kappa shape index (κ1) is 10.5. The number of nitrogens with zero attached hydrogens (tertiary/aromatic N) is 2. The Labute approximate surface area is 109 Å². The molecule has 1 aromatic rings. The van der Waals surface area contributed by atoms with Gasteiger partial charge in [0.05, 0.1) is 11.9 Å². The van der Waals surface area contributed by atoms with Gasteiger partial charge in [0, 0.05) is 18.2 Å². The second-order valence-corrected chi connectivity index (χ2v) is 4.54. The van der Waals surface area contributed by atoms with E-state index in [1.54, 1.807) is 6.21 Å². The van der Waals surface area contributed by atoms with Gasteiger partial charge in [-0.05, 0) is 17.7 Å². The third kappa shape index (κ3) is 1.51. The van der Waals surface area contributed by atoms with Crippen molar-refractivity contribution in [1.82, 2.24) is 0 Å². The second kappa shape index (κ2) is 3.78. The molecule has 0 saturated heterocycles. The fourth-order valence-electron chi connectivity index (χ4n) is 2.50. The zero-order valence-electron chi connectivity index (χ0n) is 10.00. The average molecular weight is 254 g/mol. The molecule has 0 spiro atoms. The van der Waals surface area contributed by atoms with Gasteiger partial charge in [-0.25, -0.2) is 0 Å². The van der Waals surface area contributed by atoms with E-state index in [1.165, 1.54) is 6.21 Å². The topological polar surface area (TPSA) is 60.2 Å². The predicted octanol–water partition coefficient (Wildman–Crippen LogP) is 1.84. The van der Waals surface area contributed by atoms with E-state index in [9.17, 15) is 4.79 Å². The number of allylic oxidation sites excluding steroid dienone is 1. The van der Waals surface area contributed by atoms with Crippen LogP contribution in [0.15, 0.2) is 39.5 Å². The molecule has 19 heavy (non-hydrogen) atoms. The van der Waals surface area contributed by atoms with Gasteiger partial charge in [0.2, 0.25) is 12.6 Å². The molecule has 3 heterocycles. The number of benzene rings is 1. The Hall–Kier alpha value is -2.43. The quantitative estimate of drug-likeness (QED) is 0.768. The van der Waals surface area contributed by atoms with E-state index in [0.29, 0.717) is 12.2 Å². The Bertz CT molecular complexity index is 673. The van der Waals surface area contributed by atoms with Crippen molar-refractivity contribution < 1.29 is 14.3 Å². The molecule has 0 fully saturated rings. The monoisotopic (exact) mass is 254 g/mol. The summed E-state index contributed by atoms with van der Waals surface area (Å²) in [7, 11) is 0. The molecular weight excluding hydrogens is 244 g/mol. The third-order valence-corrected chi connectivity index (χ3v) is 3.44. The number of carbonyl (C=O) groups excluding carboxylic acids is 1. The highest BCUT2D eigenvalue weighted by Gasteiger charge is 2.29. The first-order valence-corrected chi connectivity index (χ1v) is 6.05. The molecule has 3 aliphatic rings. The second-order valence-electron chi connectivity index (χ2n) is 4.54. The van der Waals surface area contributed by atoms with Gasteiger partial charge >= 0.3 is 0 Å². The lowest BCUT2D eigenvalue weighted by Crippen LogP contribution is -2.14. The number of Topliss-reactive ketones (excluding diaryl/α,β-unsaturated/α-hetero) is 1. The van der Waals surface area contributed by atoms with Gasteiger partial charge in [-0.3, -0.25) is 14.8 Å². The number of ketones is 1. The van der Waals surface area contributed by atoms with Gasteiger partial charge in [0.25, 0.3) is 0 Å². The lowest BCUT2D eigenvalue weighted by Gasteiger charge is -2.17. The van der Waals surface area contributed by atoms with Crippen molar-refractivity contribution in [1.29, 1.82) is 0 Å². The molecule has 0 N–H and O–H groups in total. The maximum atomic E-state index is 11.7. The minimum absolute atomic E-state index is 0.0375. The van der Waals surface area contributed by atoms with Crippen LogP contribution in [-0.4, -0.2) is 25.0 Å². The van der Waals surface area contributed by atoms with Crippen LogP contribution in [0, 0.1) is 0 Å². The van der Waals surface area contributed by atoms with Crippen molar-refractivity contribution in [2.75, 3.05) is 6.79 Å². The van der Waals surface area contributed by atoms with E-state index in [-0.39, 0.29) is 18.6 Å². The van der Waals surface area contributed by atoms with Crippen LogP contribution in [0.4, 0.5) is 0 Å². The third-order valence-electron chi connectivity index (χ3n) is 3.44. The molecule has 1 atom stereocenters. The van der Waals surface area contributed by atoms with Crippen LogP contribution in [0.2, 0.25) is 0 Å². The van der Waals surface area contributed by atoms with Crippen LogP contribution >= 0.6 is 0 Å². The molecule has 5 nitrogen and oxygen atoms in total. The summed E-state index contributed by atoms with van der Waals surface area (Å²) in [5, 5.41) is 0. The summed E-state index contributed by atoms with van der Waals surface area (Å²) in [6.45, 7) is 0.247. The summed E-state index contributed by atoms with van der Waals surface area (Å²) in [6.07, 6.45) is 3.75. The van der Waals surface area contributed by atoms with Crippen molar-refractivity contribution in [3.8, 4) is 11.5 Å². The zero-order chi connectivity index (χ0) is 12.8. The number of aliphatic imine (C=N–C) groups is 2. The molecule has 0 bridgehead atoms. The number of fused-ring (bicyclic) bond motifs is 1. The van der Waals surface area contributed by atoms with E-state index in [1.807, 2.05) is 18.2 Å². The Morgan fingerprint density at radius 1 is 1.21 bits per heavy atom. The molecule has 0 aromatic heterocycles. The van der Waals surface area contributed by atoms with Gasteiger partial charge in [-0.15, -0.1) is 0 Å². The Balaban J connectivity index is 1.78. The van der Waals surface area contributed by atoms with Gasteiger partial charge in [-0.1, -0.05) is 6.07 Å². The summed E-state index contributed by atoms with van der Waals surface area (Å²) in [6, 6.07) is 5.48. The average Bonchev–Trinajstić information content (AvgIpc) is 3.07. The van der Waals surface area contributed by atoms with E-state index in [4.69, 9.17) is 9.47 Å². The minimum Gasteiger partial charge on any atom is -0.454 e. The summed E-state index contributed by atoms with van der Waals surface area (Å²) in [5.41, 5.74) is 2.46. The van der Waals surface area contributed by atoms with Crippen molar-refractivity contribution in [2.24, 2.45) is 9.98 Å². The molecule has 0 amide bonds. The molecule has 94 valence electrons. The number of dihydropyridines is 1. The molecule has 1 unspecified atom stereocenters. The number of carbonyl (C=O) groups is 1. The van der Waals surface area contributed by atoms with Crippen molar-refractivity contribution >= 4 is 18.2 Å². The number of hydrogen-bond acceptors (Lipinski definition) is 5. The molecular formula is C14H10N2O3. The lowest BCUT2D eigenvalue weighted by molar-refractivity contribution is -0.109. The smallest absolute Gasteiger partial charge is 0.231 e. The van der Waals surface area contributed by atoms with Crippen LogP contribution in [0.1, 0.15) is 18.0 Å². The van der Waals surface area contributed by atoms with Crippen molar-refractivity contribution in [3.63, 3.8) is 0 Å². The van der Waals surface area contributed by atoms with Gasteiger partial charge < -0.3 is 9.47 Å². The fraction of sp³-hybridized carbons (Fsp3) is 0.214. The molecule has 0 aliphatic carbocycles.